The summed E-state index contributed by atoms with van der Waals surface area (Å²) in [6.07, 6.45) is 5.61. The monoisotopic (exact) mass is 250 g/mol. The lowest BCUT2D eigenvalue weighted by Crippen LogP contribution is -2.27. The van der Waals surface area contributed by atoms with Crippen LogP contribution in [0.3, 0.4) is 0 Å². The maximum Gasteiger partial charge on any atom is 0.195 e. The molecule has 0 aromatic carbocycles. The predicted octanol–water partition coefficient (Wildman–Crippen LogP) is 1.89. The van der Waals surface area contributed by atoms with E-state index in [0.717, 1.165) is 23.7 Å². The van der Waals surface area contributed by atoms with E-state index in [9.17, 15) is 0 Å². The number of thiazole rings is 1. The molecule has 0 amide bonds. The van der Waals surface area contributed by atoms with Crippen LogP contribution < -0.4 is 10.6 Å². The molecule has 0 aliphatic heterocycles. The third kappa shape index (κ3) is 1.83. The lowest BCUT2D eigenvalue weighted by molar-refractivity contribution is 0.794. The topological polar surface area (TPSA) is 46.6 Å². The Morgan fingerprint density at radius 2 is 2.41 bits per heavy atom. The minimum Gasteiger partial charge on any atom is -0.352 e. The van der Waals surface area contributed by atoms with Gasteiger partial charge in [-0.3, -0.25) is 4.40 Å². The molecule has 2 N–H and O–H groups in total. The molecule has 5 heteroatoms. The Hall–Kier alpha value is -1.07. The van der Waals surface area contributed by atoms with Gasteiger partial charge in [-0.25, -0.2) is 4.98 Å². The largest absolute Gasteiger partial charge is 0.352 e. The number of imidazole rings is 1. The Balaban J connectivity index is 2.06. The molecular weight excluding hydrogens is 232 g/mol. The minimum atomic E-state index is 0.679. The molecule has 4 nitrogen and oxygen atoms in total. The Morgan fingerprint density at radius 1 is 1.59 bits per heavy atom. The molecule has 0 unspecified atom stereocenters. The van der Waals surface area contributed by atoms with Crippen LogP contribution in [0.1, 0.15) is 25.5 Å². The van der Waals surface area contributed by atoms with Crippen molar-refractivity contribution in [1.29, 1.82) is 0 Å². The number of nitrogens with two attached hydrogens (primary N) is 1. The molecule has 92 valence electrons. The number of rotatable bonds is 5. The Labute approximate surface area is 105 Å². The van der Waals surface area contributed by atoms with Gasteiger partial charge in [0.1, 0.15) is 0 Å². The summed E-state index contributed by atoms with van der Waals surface area (Å²) in [7, 11) is 0. The standard InChI is InChI=1S/C12H18N4S/c1-2-15(9-3-4-9)11-10(5-6-13)16-7-8-17-12(16)14-11/h7-9H,2-6,13H2,1H3. The zero-order valence-corrected chi connectivity index (χ0v) is 10.9. The summed E-state index contributed by atoms with van der Waals surface area (Å²) in [5, 5.41) is 2.08. The van der Waals surface area contributed by atoms with Crippen molar-refractivity contribution in [2.75, 3.05) is 18.0 Å². The van der Waals surface area contributed by atoms with Crippen LogP contribution in [0.2, 0.25) is 0 Å². The highest BCUT2D eigenvalue weighted by Crippen LogP contribution is 2.34. The van der Waals surface area contributed by atoms with Crippen molar-refractivity contribution in [2.24, 2.45) is 5.73 Å². The number of nitrogens with zero attached hydrogens (tertiary/aromatic N) is 3. The average Bonchev–Trinajstić information content (AvgIpc) is 2.95. The fraction of sp³-hybridized carbons (Fsp3) is 0.583. The van der Waals surface area contributed by atoms with Gasteiger partial charge in [-0.2, -0.15) is 0 Å². The second kappa shape index (κ2) is 4.31. The van der Waals surface area contributed by atoms with Crippen molar-refractivity contribution in [2.45, 2.75) is 32.2 Å². The molecule has 1 aliphatic carbocycles. The van der Waals surface area contributed by atoms with Crippen LogP contribution in [0, 0.1) is 0 Å². The summed E-state index contributed by atoms with van der Waals surface area (Å²) in [5.74, 6) is 1.16. The minimum absolute atomic E-state index is 0.679. The number of hydrogen-bond acceptors (Lipinski definition) is 4. The summed E-state index contributed by atoms with van der Waals surface area (Å²) < 4.78 is 2.19. The summed E-state index contributed by atoms with van der Waals surface area (Å²) in [5.41, 5.74) is 7.00. The van der Waals surface area contributed by atoms with Gasteiger partial charge in [0.2, 0.25) is 0 Å². The third-order valence-corrected chi connectivity index (χ3v) is 4.08. The van der Waals surface area contributed by atoms with E-state index in [1.807, 2.05) is 0 Å². The molecule has 2 heterocycles. The van der Waals surface area contributed by atoms with Crippen LogP contribution in [-0.4, -0.2) is 28.5 Å². The highest BCUT2D eigenvalue weighted by atomic mass is 32.1. The van der Waals surface area contributed by atoms with Crippen LogP contribution >= 0.6 is 11.3 Å². The molecule has 1 saturated carbocycles. The predicted molar refractivity (Wildman–Crippen MR) is 71.9 cm³/mol. The molecule has 2 aromatic heterocycles. The molecule has 1 fully saturated rings. The fourth-order valence-corrected chi connectivity index (χ4v) is 3.12. The summed E-state index contributed by atoms with van der Waals surface area (Å²) in [6, 6.07) is 0.709. The molecule has 0 saturated heterocycles. The van der Waals surface area contributed by atoms with Crippen LogP contribution in [-0.2, 0) is 6.42 Å². The van der Waals surface area contributed by atoms with Gasteiger partial charge in [0, 0.05) is 30.6 Å². The summed E-state index contributed by atoms with van der Waals surface area (Å²) >= 11 is 1.69. The van der Waals surface area contributed by atoms with E-state index in [1.54, 1.807) is 11.3 Å². The molecular formula is C12H18N4S. The molecule has 1 aliphatic rings. The van der Waals surface area contributed by atoms with Gasteiger partial charge in [0.05, 0.1) is 5.69 Å². The van der Waals surface area contributed by atoms with Crippen LogP contribution in [0.25, 0.3) is 4.96 Å². The van der Waals surface area contributed by atoms with Crippen molar-refractivity contribution < 1.29 is 0 Å². The second-order valence-electron chi connectivity index (χ2n) is 4.49. The average molecular weight is 250 g/mol. The quantitative estimate of drug-likeness (QED) is 0.881. The number of hydrogen-bond donors (Lipinski definition) is 1. The molecule has 0 spiro atoms. The highest BCUT2D eigenvalue weighted by Gasteiger charge is 2.31. The van der Waals surface area contributed by atoms with Crippen molar-refractivity contribution in [1.82, 2.24) is 9.38 Å². The Morgan fingerprint density at radius 3 is 3.06 bits per heavy atom. The third-order valence-electron chi connectivity index (χ3n) is 3.32. The van der Waals surface area contributed by atoms with Crippen molar-refractivity contribution in [3.8, 4) is 0 Å². The number of fused-ring (bicyclic) bond motifs is 1. The van der Waals surface area contributed by atoms with Crippen LogP contribution in [0.15, 0.2) is 11.6 Å². The molecule has 0 atom stereocenters. The zero-order valence-electron chi connectivity index (χ0n) is 10.1. The van der Waals surface area contributed by atoms with E-state index in [1.165, 1.54) is 18.5 Å². The van der Waals surface area contributed by atoms with Crippen LogP contribution in [0.5, 0.6) is 0 Å². The van der Waals surface area contributed by atoms with E-state index in [-0.39, 0.29) is 0 Å². The maximum atomic E-state index is 5.73. The van der Waals surface area contributed by atoms with Crippen molar-refractivity contribution in [3.63, 3.8) is 0 Å². The highest BCUT2D eigenvalue weighted by molar-refractivity contribution is 7.15. The van der Waals surface area contributed by atoms with Gasteiger partial charge in [0.25, 0.3) is 0 Å². The van der Waals surface area contributed by atoms with Crippen LogP contribution in [0.4, 0.5) is 5.82 Å². The van der Waals surface area contributed by atoms with Gasteiger partial charge in [-0.1, -0.05) is 0 Å². The van der Waals surface area contributed by atoms with Gasteiger partial charge in [0.15, 0.2) is 10.8 Å². The Kier molecular flexibility index (Phi) is 2.80. The summed E-state index contributed by atoms with van der Waals surface area (Å²) in [6.45, 7) is 3.92. The smallest absolute Gasteiger partial charge is 0.195 e. The maximum absolute atomic E-state index is 5.73. The molecule has 17 heavy (non-hydrogen) atoms. The summed E-state index contributed by atoms with van der Waals surface area (Å²) in [4.78, 5) is 8.30. The van der Waals surface area contributed by atoms with Gasteiger partial charge >= 0.3 is 0 Å². The van der Waals surface area contributed by atoms with E-state index >= 15 is 0 Å². The number of aromatic nitrogens is 2. The van der Waals surface area contributed by atoms with E-state index in [4.69, 9.17) is 10.7 Å². The lowest BCUT2D eigenvalue weighted by Gasteiger charge is -2.21. The first-order chi connectivity index (χ1) is 8.35. The first kappa shape index (κ1) is 11.0. The van der Waals surface area contributed by atoms with Crippen molar-refractivity contribution >= 4 is 22.1 Å². The van der Waals surface area contributed by atoms with E-state index in [2.05, 4.69) is 27.8 Å². The molecule has 0 bridgehead atoms. The number of anilines is 1. The van der Waals surface area contributed by atoms with Crippen molar-refractivity contribution in [3.05, 3.63) is 17.3 Å². The first-order valence-electron chi connectivity index (χ1n) is 6.26. The second-order valence-corrected chi connectivity index (χ2v) is 5.37. The van der Waals surface area contributed by atoms with E-state index in [0.29, 0.717) is 12.6 Å². The lowest BCUT2D eigenvalue weighted by atomic mass is 10.3. The Bertz CT molecular complexity index is 512. The fourth-order valence-electron chi connectivity index (χ4n) is 2.39. The molecule has 2 aromatic rings. The van der Waals surface area contributed by atoms with E-state index < -0.39 is 0 Å². The normalized spacial score (nSPS) is 15.6. The zero-order chi connectivity index (χ0) is 11.8. The molecule has 0 radical (unpaired) electrons. The van der Waals surface area contributed by atoms with Gasteiger partial charge in [-0.05, 0) is 26.3 Å². The van der Waals surface area contributed by atoms with Gasteiger partial charge < -0.3 is 10.6 Å². The SMILES string of the molecule is CCN(c1nc2sccn2c1CCN)C1CC1. The molecule has 3 rings (SSSR count). The van der Waals surface area contributed by atoms with Gasteiger partial charge in [-0.15, -0.1) is 11.3 Å². The first-order valence-corrected chi connectivity index (χ1v) is 7.14.